The summed E-state index contributed by atoms with van der Waals surface area (Å²) >= 11 is 1.61. The summed E-state index contributed by atoms with van der Waals surface area (Å²) in [5.74, 6) is -0.284. The fourth-order valence-corrected chi connectivity index (χ4v) is 3.39. The molecule has 1 aromatic heterocycles. The fourth-order valence-electron chi connectivity index (χ4n) is 2.69. The van der Waals surface area contributed by atoms with Crippen molar-refractivity contribution in [2.45, 2.75) is 24.4 Å². The fraction of sp³-hybridized carbons (Fsp3) is 0.353. The van der Waals surface area contributed by atoms with Gasteiger partial charge in [0, 0.05) is 13.7 Å². The second-order valence-corrected chi connectivity index (χ2v) is 6.36. The molecule has 1 amide bonds. The van der Waals surface area contributed by atoms with Gasteiger partial charge < -0.3 is 10.1 Å². The van der Waals surface area contributed by atoms with Gasteiger partial charge in [-0.2, -0.15) is 11.3 Å². The first-order valence-corrected chi connectivity index (χ1v) is 8.19. The van der Waals surface area contributed by atoms with Gasteiger partial charge >= 0.3 is 0 Å². The molecule has 5 heteroatoms. The van der Waals surface area contributed by atoms with Crippen molar-refractivity contribution in [2.24, 2.45) is 0 Å². The zero-order valence-electron chi connectivity index (χ0n) is 12.3. The van der Waals surface area contributed by atoms with Crippen molar-refractivity contribution in [3.05, 3.63) is 58.0 Å². The number of carbonyl (C=O) groups is 1. The molecule has 22 heavy (non-hydrogen) atoms. The molecule has 1 fully saturated rings. The van der Waals surface area contributed by atoms with Gasteiger partial charge in [0.25, 0.3) is 0 Å². The van der Waals surface area contributed by atoms with Crippen LogP contribution in [0.15, 0.2) is 41.1 Å². The van der Waals surface area contributed by atoms with E-state index in [1.807, 2.05) is 16.8 Å². The van der Waals surface area contributed by atoms with Crippen LogP contribution in [0.1, 0.15) is 30.1 Å². The lowest BCUT2D eigenvalue weighted by Crippen LogP contribution is -2.37. The summed E-state index contributed by atoms with van der Waals surface area (Å²) in [5.41, 5.74) is 1.47. The quantitative estimate of drug-likeness (QED) is 0.886. The zero-order chi connectivity index (χ0) is 15.6. The number of rotatable bonds is 6. The molecule has 116 valence electrons. The molecular weight excluding hydrogens is 301 g/mol. The predicted molar refractivity (Wildman–Crippen MR) is 84.4 cm³/mol. The number of thiophene rings is 1. The predicted octanol–water partition coefficient (Wildman–Crippen LogP) is 3.42. The third-order valence-electron chi connectivity index (χ3n) is 4.23. The van der Waals surface area contributed by atoms with Crippen LogP contribution < -0.4 is 5.32 Å². The third kappa shape index (κ3) is 2.91. The van der Waals surface area contributed by atoms with Crippen LogP contribution in [0, 0.1) is 5.82 Å². The Bertz CT molecular complexity index is 635. The van der Waals surface area contributed by atoms with Crippen LogP contribution in [-0.2, 0) is 14.9 Å². The Labute approximate surface area is 133 Å². The van der Waals surface area contributed by atoms with Crippen molar-refractivity contribution in [2.75, 3.05) is 13.7 Å². The molecule has 0 bridgehead atoms. The minimum absolute atomic E-state index is 0.00334. The smallest absolute Gasteiger partial charge is 0.230 e. The normalized spacial score (nSPS) is 17.0. The van der Waals surface area contributed by atoms with Gasteiger partial charge in [-0.1, -0.05) is 12.1 Å². The van der Waals surface area contributed by atoms with E-state index in [2.05, 4.69) is 5.32 Å². The Morgan fingerprint density at radius 2 is 2.09 bits per heavy atom. The Hall–Kier alpha value is -1.72. The second kappa shape index (κ2) is 6.18. The number of benzene rings is 1. The topological polar surface area (TPSA) is 38.3 Å². The molecular formula is C17H18FNO2S. The van der Waals surface area contributed by atoms with Gasteiger partial charge in [0.05, 0.1) is 5.41 Å². The van der Waals surface area contributed by atoms with Gasteiger partial charge in [0.2, 0.25) is 5.91 Å². The summed E-state index contributed by atoms with van der Waals surface area (Å²) in [4.78, 5) is 12.5. The Balaban J connectivity index is 1.65. The molecule has 1 unspecified atom stereocenters. The maximum atomic E-state index is 13.0. The number of amides is 1. The van der Waals surface area contributed by atoms with E-state index in [0.717, 1.165) is 24.0 Å². The van der Waals surface area contributed by atoms with Crippen LogP contribution in [0.5, 0.6) is 0 Å². The highest BCUT2D eigenvalue weighted by molar-refractivity contribution is 7.07. The standard InChI is InChI=1S/C17H18FNO2S/c1-21-15(12-6-9-22-11-12)10-19-16(20)17(7-8-17)13-2-4-14(18)5-3-13/h2-6,9,11,15H,7-8,10H2,1H3,(H,19,20). The summed E-state index contributed by atoms with van der Waals surface area (Å²) < 4.78 is 18.5. The number of ether oxygens (including phenoxy) is 1. The van der Waals surface area contributed by atoms with E-state index >= 15 is 0 Å². The van der Waals surface area contributed by atoms with Gasteiger partial charge in [-0.3, -0.25) is 4.79 Å². The van der Waals surface area contributed by atoms with E-state index in [-0.39, 0.29) is 17.8 Å². The Morgan fingerprint density at radius 1 is 1.36 bits per heavy atom. The maximum Gasteiger partial charge on any atom is 0.230 e. The van der Waals surface area contributed by atoms with Gasteiger partial charge in [-0.15, -0.1) is 0 Å². The van der Waals surface area contributed by atoms with E-state index in [9.17, 15) is 9.18 Å². The minimum Gasteiger partial charge on any atom is -0.375 e. The van der Waals surface area contributed by atoms with Crippen molar-refractivity contribution in [3.8, 4) is 0 Å². The molecule has 1 heterocycles. The van der Waals surface area contributed by atoms with Crippen LogP contribution in [0.2, 0.25) is 0 Å². The average molecular weight is 319 g/mol. The molecule has 1 saturated carbocycles. The van der Waals surface area contributed by atoms with Crippen LogP contribution in [0.25, 0.3) is 0 Å². The van der Waals surface area contributed by atoms with Crippen LogP contribution in [0.4, 0.5) is 4.39 Å². The van der Waals surface area contributed by atoms with Gasteiger partial charge in [-0.05, 0) is 52.9 Å². The maximum absolute atomic E-state index is 13.0. The number of carbonyl (C=O) groups excluding carboxylic acids is 1. The molecule has 0 spiro atoms. The van der Waals surface area contributed by atoms with Crippen molar-refractivity contribution in [1.82, 2.24) is 5.32 Å². The third-order valence-corrected chi connectivity index (χ3v) is 4.93. The molecule has 0 radical (unpaired) electrons. The van der Waals surface area contributed by atoms with Crippen molar-refractivity contribution < 1.29 is 13.9 Å². The molecule has 0 saturated heterocycles. The van der Waals surface area contributed by atoms with Crippen LogP contribution in [0.3, 0.4) is 0 Å². The van der Waals surface area contributed by atoms with Crippen molar-refractivity contribution >= 4 is 17.2 Å². The van der Waals surface area contributed by atoms with E-state index in [1.165, 1.54) is 12.1 Å². The van der Waals surface area contributed by atoms with E-state index in [0.29, 0.717) is 6.54 Å². The van der Waals surface area contributed by atoms with Gasteiger partial charge in [0.15, 0.2) is 0 Å². The highest BCUT2D eigenvalue weighted by Gasteiger charge is 2.51. The summed E-state index contributed by atoms with van der Waals surface area (Å²) in [6.45, 7) is 0.439. The molecule has 1 aromatic carbocycles. The Morgan fingerprint density at radius 3 is 2.64 bits per heavy atom. The lowest BCUT2D eigenvalue weighted by molar-refractivity contribution is -0.124. The summed E-state index contributed by atoms with van der Waals surface area (Å²) in [5, 5.41) is 7.00. The molecule has 1 aliphatic rings. The van der Waals surface area contributed by atoms with E-state index in [4.69, 9.17) is 4.74 Å². The first-order chi connectivity index (χ1) is 10.7. The molecule has 3 rings (SSSR count). The second-order valence-electron chi connectivity index (χ2n) is 5.58. The monoisotopic (exact) mass is 319 g/mol. The largest absolute Gasteiger partial charge is 0.375 e. The average Bonchev–Trinajstić information content (AvgIpc) is 3.17. The number of halogens is 1. The number of hydrogen-bond acceptors (Lipinski definition) is 3. The van der Waals surface area contributed by atoms with Gasteiger partial charge in [0.1, 0.15) is 11.9 Å². The molecule has 2 aromatic rings. The summed E-state index contributed by atoms with van der Waals surface area (Å²) in [7, 11) is 1.64. The molecule has 0 aliphatic heterocycles. The van der Waals surface area contributed by atoms with Gasteiger partial charge in [-0.25, -0.2) is 4.39 Å². The molecule has 1 aliphatic carbocycles. The Kier molecular flexibility index (Phi) is 4.27. The van der Waals surface area contributed by atoms with Crippen molar-refractivity contribution in [3.63, 3.8) is 0 Å². The first kappa shape index (κ1) is 15.2. The highest BCUT2D eigenvalue weighted by atomic mass is 32.1. The zero-order valence-corrected chi connectivity index (χ0v) is 13.2. The molecule has 3 nitrogen and oxygen atoms in total. The summed E-state index contributed by atoms with van der Waals surface area (Å²) in [6.07, 6.45) is 1.47. The van der Waals surface area contributed by atoms with Crippen molar-refractivity contribution in [1.29, 1.82) is 0 Å². The first-order valence-electron chi connectivity index (χ1n) is 7.25. The SMILES string of the molecule is COC(CNC(=O)C1(c2ccc(F)cc2)CC1)c1ccsc1. The highest BCUT2D eigenvalue weighted by Crippen LogP contribution is 2.48. The lowest BCUT2D eigenvalue weighted by atomic mass is 9.95. The minimum atomic E-state index is -0.485. The van der Waals surface area contributed by atoms with Crippen LogP contribution in [-0.4, -0.2) is 19.6 Å². The van der Waals surface area contributed by atoms with E-state index < -0.39 is 5.41 Å². The number of methoxy groups -OCH3 is 1. The molecule has 1 N–H and O–H groups in total. The number of hydrogen-bond donors (Lipinski definition) is 1. The van der Waals surface area contributed by atoms with Crippen LogP contribution >= 0.6 is 11.3 Å². The van der Waals surface area contributed by atoms with E-state index in [1.54, 1.807) is 30.6 Å². The summed E-state index contributed by atoms with van der Waals surface area (Å²) in [6, 6.07) is 8.22. The molecule has 1 atom stereocenters. The number of nitrogens with one attached hydrogen (secondary N) is 1. The lowest BCUT2D eigenvalue weighted by Gasteiger charge is -2.19.